The van der Waals surface area contributed by atoms with Gasteiger partial charge in [0.05, 0.1) is 24.1 Å². The van der Waals surface area contributed by atoms with Crippen molar-refractivity contribution in [2.24, 2.45) is 0 Å². The van der Waals surface area contributed by atoms with Gasteiger partial charge in [-0.1, -0.05) is 54.2 Å². The number of rotatable bonds is 7. The number of carbonyl (C=O) groups is 1. The van der Waals surface area contributed by atoms with Crippen molar-refractivity contribution in [3.05, 3.63) is 66.4 Å². The zero-order chi connectivity index (χ0) is 16.8. The first-order valence-corrected chi connectivity index (χ1v) is 8.68. The third-order valence-corrected chi connectivity index (χ3v) is 4.34. The summed E-state index contributed by atoms with van der Waals surface area (Å²) in [5.41, 5.74) is 2.73. The first-order valence-electron chi connectivity index (χ1n) is 7.70. The second kappa shape index (κ2) is 7.84. The molecule has 1 heterocycles. The molecular weight excluding hydrogens is 320 g/mol. The quantitative estimate of drug-likeness (QED) is 0.393. The summed E-state index contributed by atoms with van der Waals surface area (Å²) in [4.78, 5) is 19.2. The fourth-order valence-corrected chi connectivity index (χ4v) is 2.98. The minimum atomic E-state index is 0.0109. The number of nitrogens with zero attached hydrogens (tertiary/aromatic N) is 1. The topological polar surface area (TPSA) is 55.0 Å². The standard InChI is InChI=1S/C19H18N2O2S/c1-14(22)16-9-5-6-10-18(16)23-11-12-24-19-20-13-17(21-19)15-7-3-2-4-8-15/h2-10,13H,11-12H2,1H3,(H,20,21). The van der Waals surface area contributed by atoms with Crippen molar-refractivity contribution in [1.29, 1.82) is 0 Å². The molecule has 0 spiro atoms. The van der Waals surface area contributed by atoms with Crippen LogP contribution in [0.2, 0.25) is 0 Å². The van der Waals surface area contributed by atoms with Gasteiger partial charge in [0.15, 0.2) is 10.9 Å². The molecule has 4 nitrogen and oxygen atoms in total. The van der Waals surface area contributed by atoms with Crippen LogP contribution in [0.5, 0.6) is 5.75 Å². The lowest BCUT2D eigenvalue weighted by molar-refractivity contribution is 0.101. The number of aromatic amines is 1. The lowest BCUT2D eigenvalue weighted by atomic mass is 10.1. The monoisotopic (exact) mass is 338 g/mol. The van der Waals surface area contributed by atoms with Gasteiger partial charge in [0.1, 0.15) is 5.75 Å². The molecule has 3 aromatic rings. The Morgan fingerprint density at radius 1 is 1.12 bits per heavy atom. The fraction of sp³-hybridized carbons (Fsp3) is 0.158. The number of imidazole rings is 1. The van der Waals surface area contributed by atoms with Crippen LogP contribution in [0.15, 0.2) is 66.0 Å². The van der Waals surface area contributed by atoms with Crippen LogP contribution in [0, 0.1) is 0 Å². The minimum Gasteiger partial charge on any atom is -0.492 e. The summed E-state index contributed by atoms with van der Waals surface area (Å²) in [6.07, 6.45) is 1.84. The SMILES string of the molecule is CC(=O)c1ccccc1OCCSc1ncc(-c2ccccc2)[nH]1. The van der Waals surface area contributed by atoms with E-state index in [9.17, 15) is 4.79 Å². The molecule has 1 aromatic heterocycles. The fourth-order valence-electron chi connectivity index (χ4n) is 2.31. The molecule has 0 aliphatic carbocycles. The molecule has 0 fully saturated rings. The van der Waals surface area contributed by atoms with Crippen LogP contribution in [-0.4, -0.2) is 28.1 Å². The van der Waals surface area contributed by atoms with E-state index in [2.05, 4.69) is 9.97 Å². The second-order valence-corrected chi connectivity index (χ2v) is 6.30. The van der Waals surface area contributed by atoms with Gasteiger partial charge in [0.25, 0.3) is 0 Å². The molecule has 24 heavy (non-hydrogen) atoms. The van der Waals surface area contributed by atoms with Gasteiger partial charge in [-0.15, -0.1) is 0 Å². The summed E-state index contributed by atoms with van der Waals surface area (Å²) in [6, 6.07) is 17.4. The average molecular weight is 338 g/mol. The highest BCUT2D eigenvalue weighted by atomic mass is 32.2. The Morgan fingerprint density at radius 3 is 2.67 bits per heavy atom. The van der Waals surface area contributed by atoms with Gasteiger partial charge < -0.3 is 9.72 Å². The highest BCUT2D eigenvalue weighted by Crippen LogP contribution is 2.22. The van der Waals surface area contributed by atoms with Crippen molar-refractivity contribution in [2.45, 2.75) is 12.1 Å². The van der Waals surface area contributed by atoms with Gasteiger partial charge in [-0.05, 0) is 24.6 Å². The Hall–Kier alpha value is -2.53. The largest absolute Gasteiger partial charge is 0.492 e. The van der Waals surface area contributed by atoms with E-state index in [4.69, 9.17) is 4.74 Å². The molecule has 2 aromatic carbocycles. The molecule has 3 rings (SSSR count). The van der Waals surface area contributed by atoms with Gasteiger partial charge in [-0.3, -0.25) is 4.79 Å². The molecule has 0 amide bonds. The van der Waals surface area contributed by atoms with E-state index in [1.807, 2.05) is 54.7 Å². The normalized spacial score (nSPS) is 10.5. The summed E-state index contributed by atoms with van der Waals surface area (Å²) < 4.78 is 5.73. The average Bonchev–Trinajstić information content (AvgIpc) is 3.09. The number of benzene rings is 2. The van der Waals surface area contributed by atoms with Gasteiger partial charge in [-0.2, -0.15) is 0 Å². The van der Waals surface area contributed by atoms with Crippen molar-refractivity contribution in [3.63, 3.8) is 0 Å². The molecule has 0 saturated carbocycles. The predicted molar refractivity (Wildman–Crippen MR) is 96.7 cm³/mol. The number of H-pyrrole nitrogens is 1. The van der Waals surface area contributed by atoms with Gasteiger partial charge in [0.2, 0.25) is 0 Å². The molecule has 0 saturated heterocycles. The zero-order valence-corrected chi connectivity index (χ0v) is 14.2. The third-order valence-electron chi connectivity index (χ3n) is 3.48. The molecular formula is C19H18N2O2S. The Bertz CT molecular complexity index is 815. The number of Topliss-reactive ketones (excluding diaryl/α,β-unsaturated/α-hetero) is 1. The Morgan fingerprint density at radius 2 is 1.88 bits per heavy atom. The van der Waals surface area contributed by atoms with E-state index in [0.717, 1.165) is 22.2 Å². The van der Waals surface area contributed by atoms with E-state index in [-0.39, 0.29) is 5.78 Å². The summed E-state index contributed by atoms with van der Waals surface area (Å²) in [7, 11) is 0. The van der Waals surface area contributed by atoms with Crippen molar-refractivity contribution >= 4 is 17.5 Å². The van der Waals surface area contributed by atoms with Crippen LogP contribution < -0.4 is 4.74 Å². The van der Waals surface area contributed by atoms with E-state index in [1.165, 1.54) is 0 Å². The number of ether oxygens (including phenoxy) is 1. The van der Waals surface area contributed by atoms with Crippen LogP contribution in [0.25, 0.3) is 11.3 Å². The van der Waals surface area contributed by atoms with Gasteiger partial charge in [0, 0.05) is 5.75 Å². The molecule has 0 atom stereocenters. The molecule has 122 valence electrons. The van der Waals surface area contributed by atoms with Gasteiger partial charge in [-0.25, -0.2) is 4.98 Å². The first-order chi connectivity index (χ1) is 11.7. The van der Waals surface area contributed by atoms with E-state index < -0.39 is 0 Å². The maximum atomic E-state index is 11.6. The lowest BCUT2D eigenvalue weighted by Gasteiger charge is -2.08. The lowest BCUT2D eigenvalue weighted by Crippen LogP contribution is -2.04. The summed E-state index contributed by atoms with van der Waals surface area (Å²) >= 11 is 1.59. The van der Waals surface area contributed by atoms with Crippen LogP contribution >= 0.6 is 11.8 Å². The van der Waals surface area contributed by atoms with Gasteiger partial charge >= 0.3 is 0 Å². The molecule has 1 N–H and O–H groups in total. The maximum Gasteiger partial charge on any atom is 0.165 e. The van der Waals surface area contributed by atoms with Crippen LogP contribution in [0.1, 0.15) is 17.3 Å². The number of nitrogens with one attached hydrogen (secondary N) is 1. The number of hydrogen-bond donors (Lipinski definition) is 1. The van der Waals surface area contributed by atoms with E-state index in [1.54, 1.807) is 24.8 Å². The summed E-state index contributed by atoms with van der Waals surface area (Å²) in [5.74, 6) is 1.39. The predicted octanol–water partition coefficient (Wildman–Crippen LogP) is 4.45. The second-order valence-electron chi connectivity index (χ2n) is 5.22. The Kier molecular flexibility index (Phi) is 5.33. The van der Waals surface area contributed by atoms with Crippen LogP contribution in [0.4, 0.5) is 0 Å². The third kappa shape index (κ3) is 4.06. The molecule has 0 aliphatic heterocycles. The van der Waals surface area contributed by atoms with E-state index >= 15 is 0 Å². The van der Waals surface area contributed by atoms with Crippen molar-refractivity contribution < 1.29 is 9.53 Å². The maximum absolute atomic E-state index is 11.6. The first kappa shape index (κ1) is 16.3. The van der Waals surface area contributed by atoms with Crippen molar-refractivity contribution in [2.75, 3.05) is 12.4 Å². The minimum absolute atomic E-state index is 0.0109. The van der Waals surface area contributed by atoms with Crippen LogP contribution in [-0.2, 0) is 0 Å². The summed E-state index contributed by atoms with van der Waals surface area (Å²) in [5, 5.41) is 0.859. The van der Waals surface area contributed by atoms with E-state index in [0.29, 0.717) is 17.9 Å². The molecule has 0 bridgehead atoms. The van der Waals surface area contributed by atoms with Crippen LogP contribution in [0.3, 0.4) is 0 Å². The van der Waals surface area contributed by atoms with Crippen molar-refractivity contribution in [1.82, 2.24) is 9.97 Å². The highest BCUT2D eigenvalue weighted by Gasteiger charge is 2.08. The Labute approximate surface area is 145 Å². The smallest absolute Gasteiger partial charge is 0.165 e. The molecule has 5 heteroatoms. The number of aromatic nitrogens is 2. The number of ketones is 1. The number of carbonyl (C=O) groups excluding carboxylic acids is 1. The number of thioether (sulfide) groups is 1. The zero-order valence-electron chi connectivity index (χ0n) is 13.4. The number of para-hydroxylation sites is 1. The number of hydrogen-bond acceptors (Lipinski definition) is 4. The summed E-state index contributed by atoms with van der Waals surface area (Å²) in [6.45, 7) is 2.06. The Balaban J connectivity index is 1.53. The highest BCUT2D eigenvalue weighted by molar-refractivity contribution is 7.99. The van der Waals surface area contributed by atoms with Crippen molar-refractivity contribution in [3.8, 4) is 17.0 Å². The molecule has 0 radical (unpaired) electrons. The molecule has 0 unspecified atom stereocenters. The molecule has 0 aliphatic rings.